The lowest BCUT2D eigenvalue weighted by molar-refractivity contribution is -0.384. The molecule has 1 rings (SSSR count). The van der Waals surface area contributed by atoms with E-state index >= 15 is 0 Å². The molecule has 0 radical (unpaired) electrons. The summed E-state index contributed by atoms with van der Waals surface area (Å²) in [4.78, 5) is 20.7. The van der Waals surface area contributed by atoms with E-state index < -0.39 is 10.9 Å². The van der Waals surface area contributed by atoms with Crippen LogP contribution in [-0.2, 0) is 11.3 Å². The van der Waals surface area contributed by atoms with Crippen molar-refractivity contribution in [3.8, 4) is 0 Å². The van der Waals surface area contributed by atoms with Crippen LogP contribution in [0.5, 0.6) is 0 Å². The second-order valence-electron chi connectivity index (χ2n) is 3.19. The first-order chi connectivity index (χ1) is 7.56. The number of carbonyl (C=O) groups is 1. The van der Waals surface area contributed by atoms with Gasteiger partial charge in [0, 0.05) is 26.3 Å². The van der Waals surface area contributed by atoms with Crippen LogP contribution in [-0.4, -0.2) is 34.3 Å². The van der Waals surface area contributed by atoms with Crippen LogP contribution in [0.4, 0.5) is 5.69 Å². The minimum absolute atomic E-state index is 0.0807. The number of aromatic nitrogens is 1. The molecule has 7 heteroatoms. The van der Waals surface area contributed by atoms with Gasteiger partial charge in [-0.15, -0.1) is 0 Å². The van der Waals surface area contributed by atoms with Crippen molar-refractivity contribution in [2.75, 3.05) is 13.7 Å². The van der Waals surface area contributed by atoms with Gasteiger partial charge in [-0.2, -0.15) is 0 Å². The van der Waals surface area contributed by atoms with Gasteiger partial charge in [0.15, 0.2) is 0 Å². The Morgan fingerprint density at radius 3 is 2.88 bits per heavy atom. The van der Waals surface area contributed by atoms with Crippen molar-refractivity contribution in [3.05, 3.63) is 28.1 Å². The third-order valence-corrected chi connectivity index (χ3v) is 2.06. The first-order valence-electron chi connectivity index (χ1n) is 4.63. The monoisotopic (exact) mass is 228 g/mol. The molecule has 0 unspecified atom stereocenters. The van der Waals surface area contributed by atoms with Crippen molar-refractivity contribution in [1.29, 1.82) is 0 Å². The highest BCUT2D eigenvalue weighted by Gasteiger charge is 2.18. The van der Waals surface area contributed by atoms with Crippen LogP contribution >= 0.6 is 0 Å². The minimum Gasteiger partial charge on any atom is -0.477 e. The van der Waals surface area contributed by atoms with Gasteiger partial charge in [0.25, 0.3) is 5.69 Å². The first kappa shape index (κ1) is 12.2. The Labute approximate surface area is 91.4 Å². The van der Waals surface area contributed by atoms with Gasteiger partial charge in [-0.1, -0.05) is 0 Å². The highest BCUT2D eigenvalue weighted by Crippen LogP contribution is 2.16. The predicted octanol–water partition coefficient (Wildman–Crippen LogP) is 1.13. The molecule has 1 N–H and O–H groups in total. The fourth-order valence-corrected chi connectivity index (χ4v) is 1.34. The van der Waals surface area contributed by atoms with Crippen molar-refractivity contribution in [1.82, 2.24) is 4.57 Å². The molecule has 0 fully saturated rings. The Morgan fingerprint density at radius 2 is 2.38 bits per heavy atom. The Morgan fingerprint density at radius 1 is 1.69 bits per heavy atom. The lowest BCUT2D eigenvalue weighted by Crippen LogP contribution is -2.08. The second kappa shape index (κ2) is 5.26. The van der Waals surface area contributed by atoms with Gasteiger partial charge in [0.1, 0.15) is 5.69 Å². The molecular weight excluding hydrogens is 216 g/mol. The Balaban J connectivity index is 2.87. The van der Waals surface area contributed by atoms with Gasteiger partial charge in [-0.3, -0.25) is 10.1 Å². The lowest BCUT2D eigenvalue weighted by Gasteiger charge is -2.04. The topological polar surface area (TPSA) is 94.6 Å². The highest BCUT2D eigenvalue weighted by molar-refractivity contribution is 5.86. The van der Waals surface area contributed by atoms with E-state index in [1.807, 2.05) is 0 Å². The fourth-order valence-electron chi connectivity index (χ4n) is 1.34. The summed E-state index contributed by atoms with van der Waals surface area (Å²) in [5, 5.41) is 19.3. The molecule has 0 aliphatic heterocycles. The number of aromatic carboxylic acids is 1. The van der Waals surface area contributed by atoms with Gasteiger partial charge in [-0.25, -0.2) is 4.79 Å². The number of methoxy groups -OCH3 is 1. The normalized spacial score (nSPS) is 10.3. The van der Waals surface area contributed by atoms with Crippen LogP contribution in [0.1, 0.15) is 16.9 Å². The van der Waals surface area contributed by atoms with E-state index in [1.165, 1.54) is 17.9 Å². The summed E-state index contributed by atoms with van der Waals surface area (Å²) in [6.07, 6.45) is 1.82. The smallest absolute Gasteiger partial charge is 0.352 e. The predicted molar refractivity (Wildman–Crippen MR) is 54.5 cm³/mol. The Kier molecular flexibility index (Phi) is 4.01. The number of nitrogens with zero attached hydrogens (tertiary/aromatic N) is 2. The zero-order valence-electron chi connectivity index (χ0n) is 8.75. The molecule has 0 aliphatic rings. The SMILES string of the molecule is COCCCn1cc([N+](=O)[O-])cc1C(=O)O. The molecule has 0 amide bonds. The van der Waals surface area contributed by atoms with E-state index in [0.717, 1.165) is 6.07 Å². The average molecular weight is 228 g/mol. The van der Waals surface area contributed by atoms with Crippen molar-refractivity contribution >= 4 is 11.7 Å². The number of rotatable bonds is 6. The molecule has 7 nitrogen and oxygen atoms in total. The summed E-state index contributed by atoms with van der Waals surface area (Å²) >= 11 is 0. The molecule has 0 saturated heterocycles. The molecule has 1 aromatic heterocycles. The molecule has 0 bridgehead atoms. The maximum Gasteiger partial charge on any atom is 0.352 e. The number of carboxylic acids is 1. The largest absolute Gasteiger partial charge is 0.477 e. The average Bonchev–Trinajstić information content (AvgIpc) is 2.62. The van der Waals surface area contributed by atoms with Crippen LogP contribution < -0.4 is 0 Å². The molecule has 16 heavy (non-hydrogen) atoms. The van der Waals surface area contributed by atoms with Crippen molar-refractivity contribution < 1.29 is 19.6 Å². The number of ether oxygens (including phenoxy) is 1. The molecule has 1 aromatic rings. The number of hydrogen-bond donors (Lipinski definition) is 1. The van der Waals surface area contributed by atoms with E-state index in [4.69, 9.17) is 9.84 Å². The molecule has 88 valence electrons. The maximum atomic E-state index is 10.8. The summed E-state index contributed by atoms with van der Waals surface area (Å²) in [6.45, 7) is 0.856. The molecule has 0 spiro atoms. The van der Waals surface area contributed by atoms with Gasteiger partial charge in [0.05, 0.1) is 11.1 Å². The molecule has 0 aliphatic carbocycles. The second-order valence-corrected chi connectivity index (χ2v) is 3.19. The maximum absolute atomic E-state index is 10.8. The number of hydrogen-bond acceptors (Lipinski definition) is 4. The van der Waals surface area contributed by atoms with E-state index in [-0.39, 0.29) is 11.4 Å². The zero-order valence-corrected chi connectivity index (χ0v) is 8.75. The number of carboxylic acid groups (broad SMARTS) is 1. The van der Waals surface area contributed by atoms with Crippen molar-refractivity contribution in [2.45, 2.75) is 13.0 Å². The first-order valence-corrected chi connectivity index (χ1v) is 4.63. The molecular formula is C9H12N2O5. The van der Waals surface area contributed by atoms with E-state index in [0.29, 0.717) is 19.6 Å². The van der Waals surface area contributed by atoms with E-state index in [2.05, 4.69) is 0 Å². The standard InChI is InChI=1S/C9H12N2O5/c1-16-4-2-3-10-6-7(11(14)15)5-8(10)9(12)13/h5-6H,2-4H2,1H3,(H,12,13). The summed E-state index contributed by atoms with van der Waals surface area (Å²) in [5.74, 6) is -1.18. The highest BCUT2D eigenvalue weighted by atomic mass is 16.6. The van der Waals surface area contributed by atoms with E-state index in [9.17, 15) is 14.9 Å². The summed E-state index contributed by atoms with van der Waals surface area (Å²) in [5.41, 5.74) is -0.294. The van der Waals surface area contributed by atoms with Crippen LogP contribution in [0, 0.1) is 10.1 Å². The molecule has 0 saturated carbocycles. The van der Waals surface area contributed by atoms with E-state index in [1.54, 1.807) is 0 Å². The lowest BCUT2D eigenvalue weighted by atomic mass is 10.4. The summed E-state index contributed by atoms with van der Waals surface area (Å²) < 4.78 is 6.17. The van der Waals surface area contributed by atoms with Crippen LogP contribution in [0.25, 0.3) is 0 Å². The number of nitro groups is 1. The Hall–Kier alpha value is -1.89. The molecule has 0 aromatic carbocycles. The van der Waals surface area contributed by atoms with Crippen LogP contribution in [0.3, 0.4) is 0 Å². The summed E-state index contributed by atoms with van der Waals surface area (Å²) in [7, 11) is 1.54. The fraction of sp³-hybridized carbons (Fsp3) is 0.444. The van der Waals surface area contributed by atoms with Gasteiger partial charge < -0.3 is 14.4 Å². The number of aryl methyl sites for hydroxylation is 1. The quantitative estimate of drug-likeness (QED) is 0.447. The van der Waals surface area contributed by atoms with Crippen LogP contribution in [0.15, 0.2) is 12.3 Å². The third-order valence-electron chi connectivity index (χ3n) is 2.06. The van der Waals surface area contributed by atoms with Crippen molar-refractivity contribution in [2.24, 2.45) is 0 Å². The van der Waals surface area contributed by atoms with Gasteiger partial charge >= 0.3 is 5.97 Å². The zero-order chi connectivity index (χ0) is 12.1. The Bertz CT molecular complexity index is 399. The molecule has 1 heterocycles. The van der Waals surface area contributed by atoms with Gasteiger partial charge in [0.2, 0.25) is 0 Å². The third kappa shape index (κ3) is 2.80. The molecule has 0 atom stereocenters. The van der Waals surface area contributed by atoms with Crippen LogP contribution in [0.2, 0.25) is 0 Å². The van der Waals surface area contributed by atoms with Crippen molar-refractivity contribution in [3.63, 3.8) is 0 Å². The summed E-state index contributed by atoms with van der Waals surface area (Å²) in [6, 6.07) is 1.05. The van der Waals surface area contributed by atoms with Gasteiger partial charge in [-0.05, 0) is 6.42 Å². The minimum atomic E-state index is -1.18.